The van der Waals surface area contributed by atoms with Gasteiger partial charge in [0.1, 0.15) is 12.6 Å². The van der Waals surface area contributed by atoms with Crippen LogP contribution < -0.4 is 9.62 Å². The number of hydrogen-bond donors (Lipinski definition) is 1. The van der Waals surface area contributed by atoms with E-state index in [9.17, 15) is 18.0 Å². The highest BCUT2D eigenvalue weighted by Crippen LogP contribution is 2.23. The molecule has 2 amide bonds. The molecule has 0 aliphatic heterocycles. The minimum Gasteiger partial charge on any atom is -0.357 e. The fourth-order valence-electron chi connectivity index (χ4n) is 4.14. The van der Waals surface area contributed by atoms with E-state index >= 15 is 0 Å². The van der Waals surface area contributed by atoms with Gasteiger partial charge in [0.05, 0.1) is 11.9 Å². The summed E-state index contributed by atoms with van der Waals surface area (Å²) in [6, 6.07) is 25.2. The van der Waals surface area contributed by atoms with Crippen molar-refractivity contribution in [3.63, 3.8) is 0 Å². The Morgan fingerprint density at radius 2 is 1.38 bits per heavy atom. The van der Waals surface area contributed by atoms with Gasteiger partial charge in [0.2, 0.25) is 21.8 Å². The lowest BCUT2D eigenvalue weighted by Crippen LogP contribution is -2.52. The van der Waals surface area contributed by atoms with Crippen molar-refractivity contribution in [2.24, 2.45) is 0 Å². The van der Waals surface area contributed by atoms with Crippen molar-refractivity contribution in [1.29, 1.82) is 0 Å². The molecule has 0 saturated carbocycles. The largest absolute Gasteiger partial charge is 0.357 e. The minimum atomic E-state index is -3.78. The zero-order chi connectivity index (χ0) is 27.0. The third-order valence-electron chi connectivity index (χ3n) is 6.24. The van der Waals surface area contributed by atoms with E-state index in [0.717, 1.165) is 27.3 Å². The van der Waals surface area contributed by atoms with Gasteiger partial charge in [-0.25, -0.2) is 8.42 Å². The van der Waals surface area contributed by atoms with Crippen molar-refractivity contribution >= 4 is 27.5 Å². The number of benzene rings is 3. The minimum absolute atomic E-state index is 0.161. The number of nitrogens with one attached hydrogen (secondary N) is 1. The molecule has 0 aliphatic rings. The second-order valence-corrected chi connectivity index (χ2v) is 11.2. The average molecular weight is 522 g/mol. The molecule has 0 unspecified atom stereocenters. The average Bonchev–Trinajstić information content (AvgIpc) is 2.89. The Bertz CT molecular complexity index is 1280. The quantitative estimate of drug-likeness (QED) is 0.414. The second kappa shape index (κ2) is 12.5. The molecule has 7 nitrogen and oxygen atoms in total. The maximum atomic E-state index is 13.8. The molecule has 3 aromatic rings. The summed E-state index contributed by atoms with van der Waals surface area (Å²) in [5.74, 6) is -0.498. The van der Waals surface area contributed by atoms with Gasteiger partial charge in [-0.1, -0.05) is 86.6 Å². The second-order valence-electron chi connectivity index (χ2n) is 9.34. The highest BCUT2D eigenvalue weighted by Gasteiger charge is 2.32. The Morgan fingerprint density at radius 3 is 1.86 bits per heavy atom. The molecule has 1 N–H and O–H groups in total. The number of rotatable bonds is 11. The van der Waals surface area contributed by atoms with E-state index in [0.29, 0.717) is 12.1 Å². The third kappa shape index (κ3) is 7.67. The Balaban J connectivity index is 1.99. The molecular formula is C29H35N3O4S. The Morgan fingerprint density at radius 1 is 0.838 bits per heavy atom. The van der Waals surface area contributed by atoms with Gasteiger partial charge in [-0.05, 0) is 34.7 Å². The molecule has 0 aromatic heterocycles. The van der Waals surface area contributed by atoms with Gasteiger partial charge in [-0.3, -0.25) is 13.9 Å². The summed E-state index contributed by atoms with van der Waals surface area (Å²) < 4.78 is 26.7. The number of nitrogens with zero attached hydrogens (tertiary/aromatic N) is 2. The molecule has 0 saturated heterocycles. The van der Waals surface area contributed by atoms with Crippen molar-refractivity contribution in [3.05, 3.63) is 102 Å². The Kier molecular flexibility index (Phi) is 9.47. The van der Waals surface area contributed by atoms with Crippen LogP contribution in [-0.2, 0) is 32.6 Å². The summed E-state index contributed by atoms with van der Waals surface area (Å²) in [5, 5.41) is 2.67. The van der Waals surface area contributed by atoms with Crippen LogP contribution in [0.3, 0.4) is 0 Å². The molecule has 0 spiro atoms. The smallest absolute Gasteiger partial charge is 0.244 e. The molecule has 3 rings (SSSR count). The van der Waals surface area contributed by atoms with Crippen LogP contribution in [0.25, 0.3) is 0 Å². The zero-order valence-corrected chi connectivity index (χ0v) is 22.6. The van der Waals surface area contributed by atoms with E-state index in [1.54, 1.807) is 12.1 Å². The first-order valence-corrected chi connectivity index (χ1v) is 14.1. The van der Waals surface area contributed by atoms with Gasteiger partial charge in [-0.2, -0.15) is 0 Å². The van der Waals surface area contributed by atoms with Crippen LogP contribution in [-0.4, -0.2) is 51.0 Å². The number of hydrogen-bond acceptors (Lipinski definition) is 4. The first kappa shape index (κ1) is 27.9. The summed E-state index contributed by atoms with van der Waals surface area (Å²) in [5.41, 5.74) is 3.20. The van der Waals surface area contributed by atoms with Crippen LogP contribution >= 0.6 is 0 Å². The van der Waals surface area contributed by atoms with Crippen LogP contribution in [0.15, 0.2) is 84.9 Å². The van der Waals surface area contributed by atoms with Gasteiger partial charge in [0.25, 0.3) is 0 Å². The number of amides is 2. The van der Waals surface area contributed by atoms with Crippen LogP contribution in [0.4, 0.5) is 5.69 Å². The lowest BCUT2D eigenvalue weighted by atomic mass is 10.0. The fraction of sp³-hybridized carbons (Fsp3) is 0.310. The SMILES string of the molecule is CNC(=O)[C@H](Cc1ccccc1)N(Cc1ccccc1)C(=O)CN(c1ccc(C(C)C)cc1)S(C)(=O)=O. The Hall–Kier alpha value is -3.65. The maximum absolute atomic E-state index is 13.8. The van der Waals surface area contributed by atoms with E-state index in [-0.39, 0.29) is 18.4 Å². The van der Waals surface area contributed by atoms with Gasteiger partial charge >= 0.3 is 0 Å². The predicted molar refractivity (Wildman–Crippen MR) is 148 cm³/mol. The molecule has 0 aliphatic carbocycles. The van der Waals surface area contributed by atoms with Crippen molar-refractivity contribution < 1.29 is 18.0 Å². The number of sulfonamides is 1. The number of likely N-dealkylation sites (N-methyl/N-ethyl adjacent to an activating group) is 1. The monoisotopic (exact) mass is 521 g/mol. The van der Waals surface area contributed by atoms with Crippen molar-refractivity contribution in [3.8, 4) is 0 Å². The maximum Gasteiger partial charge on any atom is 0.244 e. The van der Waals surface area contributed by atoms with Gasteiger partial charge < -0.3 is 10.2 Å². The lowest BCUT2D eigenvalue weighted by molar-refractivity contribution is -0.139. The summed E-state index contributed by atoms with van der Waals surface area (Å²) in [7, 11) is -2.25. The standard InChI is InChI=1S/C29H35N3O4S/c1-22(2)25-15-17-26(18-16-25)32(37(4,35)36)21-28(33)31(20-24-13-9-6-10-14-24)27(29(34)30-3)19-23-11-7-5-8-12-23/h5-18,22,27H,19-21H2,1-4H3,(H,30,34)/t27-/m0/s1. The van der Waals surface area contributed by atoms with Crippen LogP contribution in [0.1, 0.15) is 36.5 Å². The summed E-state index contributed by atoms with van der Waals surface area (Å²) >= 11 is 0. The molecule has 0 radical (unpaired) electrons. The zero-order valence-electron chi connectivity index (χ0n) is 21.8. The first-order valence-electron chi connectivity index (χ1n) is 12.3. The van der Waals surface area contributed by atoms with Crippen molar-refractivity contribution in [1.82, 2.24) is 10.2 Å². The molecule has 3 aromatic carbocycles. The fourth-order valence-corrected chi connectivity index (χ4v) is 4.99. The molecule has 0 heterocycles. The van der Waals surface area contributed by atoms with E-state index in [2.05, 4.69) is 19.2 Å². The normalized spacial score (nSPS) is 12.1. The van der Waals surface area contributed by atoms with E-state index in [4.69, 9.17) is 0 Å². The van der Waals surface area contributed by atoms with E-state index < -0.39 is 28.5 Å². The molecule has 0 fully saturated rings. The molecule has 0 bridgehead atoms. The Labute approximate surface area is 220 Å². The topological polar surface area (TPSA) is 86.8 Å². The summed E-state index contributed by atoms with van der Waals surface area (Å²) in [6.45, 7) is 3.85. The molecule has 1 atom stereocenters. The van der Waals surface area contributed by atoms with Crippen LogP contribution in [0.5, 0.6) is 0 Å². The molecular weight excluding hydrogens is 486 g/mol. The highest BCUT2D eigenvalue weighted by molar-refractivity contribution is 7.92. The number of carbonyl (C=O) groups is 2. The number of carbonyl (C=O) groups excluding carboxylic acids is 2. The highest BCUT2D eigenvalue weighted by atomic mass is 32.2. The van der Waals surface area contributed by atoms with Gasteiger partial charge in [0, 0.05) is 20.0 Å². The molecule has 196 valence electrons. The molecule has 37 heavy (non-hydrogen) atoms. The van der Waals surface area contributed by atoms with Gasteiger partial charge in [-0.15, -0.1) is 0 Å². The van der Waals surface area contributed by atoms with Gasteiger partial charge in [0.15, 0.2) is 0 Å². The summed E-state index contributed by atoms with van der Waals surface area (Å²) in [4.78, 5) is 28.4. The predicted octanol–water partition coefficient (Wildman–Crippen LogP) is 3.96. The van der Waals surface area contributed by atoms with E-state index in [1.807, 2.05) is 72.8 Å². The molecule has 8 heteroatoms. The van der Waals surface area contributed by atoms with Crippen LogP contribution in [0, 0.1) is 0 Å². The van der Waals surface area contributed by atoms with Crippen molar-refractivity contribution in [2.75, 3.05) is 24.2 Å². The van der Waals surface area contributed by atoms with Crippen LogP contribution in [0.2, 0.25) is 0 Å². The van der Waals surface area contributed by atoms with Crippen molar-refractivity contribution in [2.45, 2.75) is 38.8 Å². The third-order valence-corrected chi connectivity index (χ3v) is 7.38. The lowest BCUT2D eigenvalue weighted by Gasteiger charge is -2.33. The first-order chi connectivity index (χ1) is 17.6. The summed E-state index contributed by atoms with van der Waals surface area (Å²) in [6.07, 6.45) is 1.37. The number of anilines is 1. The van der Waals surface area contributed by atoms with E-state index in [1.165, 1.54) is 11.9 Å².